The minimum Gasteiger partial charge on any atom is -0.360 e. The number of fused-ring (bicyclic) bond motifs is 1. The average molecular weight is 353 g/mol. The highest BCUT2D eigenvalue weighted by Crippen LogP contribution is 2.52. The molecular formula is C20H23N3O3. The fourth-order valence-electron chi connectivity index (χ4n) is 5.16. The lowest BCUT2D eigenvalue weighted by Crippen LogP contribution is -2.44. The van der Waals surface area contributed by atoms with Gasteiger partial charge in [-0.2, -0.15) is 0 Å². The van der Waals surface area contributed by atoms with Crippen LogP contribution in [0, 0.1) is 11.8 Å². The van der Waals surface area contributed by atoms with Gasteiger partial charge in [-0.1, -0.05) is 25.0 Å². The van der Waals surface area contributed by atoms with E-state index >= 15 is 0 Å². The fourth-order valence-corrected chi connectivity index (χ4v) is 5.16. The molecule has 0 unspecified atom stereocenters. The number of rotatable bonds is 4. The molecule has 2 saturated heterocycles. The summed E-state index contributed by atoms with van der Waals surface area (Å²) in [4.78, 5) is 32.1. The van der Waals surface area contributed by atoms with Crippen LogP contribution < -0.4 is 5.32 Å². The molecule has 0 radical (unpaired) electrons. The molecule has 3 aliphatic heterocycles. The lowest BCUT2D eigenvalue weighted by Gasteiger charge is -2.27. The van der Waals surface area contributed by atoms with Gasteiger partial charge in [0.1, 0.15) is 5.60 Å². The molecule has 3 fully saturated rings. The Balaban J connectivity index is 1.34. The molecule has 1 aliphatic carbocycles. The number of nitrogens with one attached hydrogen (secondary N) is 1. The lowest BCUT2D eigenvalue weighted by molar-refractivity contribution is -0.138. The van der Waals surface area contributed by atoms with Gasteiger partial charge in [-0.15, -0.1) is 0 Å². The third kappa shape index (κ3) is 2.31. The Morgan fingerprint density at radius 3 is 2.85 bits per heavy atom. The second-order valence-electron chi connectivity index (χ2n) is 7.88. The van der Waals surface area contributed by atoms with Crippen molar-refractivity contribution < 1.29 is 14.3 Å². The second kappa shape index (κ2) is 5.91. The van der Waals surface area contributed by atoms with Gasteiger partial charge < -0.3 is 15.0 Å². The van der Waals surface area contributed by atoms with E-state index in [0.717, 1.165) is 18.4 Å². The summed E-state index contributed by atoms with van der Waals surface area (Å²) in [5.74, 6) is -0.797. The molecule has 1 aromatic rings. The molecule has 1 spiro atoms. The molecule has 1 saturated carbocycles. The molecule has 6 nitrogen and oxygen atoms in total. The maximum Gasteiger partial charge on any atom is 0.230 e. The van der Waals surface area contributed by atoms with Crippen molar-refractivity contribution in [3.63, 3.8) is 0 Å². The monoisotopic (exact) mass is 353 g/mol. The Morgan fingerprint density at radius 2 is 2.08 bits per heavy atom. The summed E-state index contributed by atoms with van der Waals surface area (Å²) in [6.07, 6.45) is 11.6. The van der Waals surface area contributed by atoms with E-state index in [0.29, 0.717) is 19.1 Å². The molecule has 26 heavy (non-hydrogen) atoms. The SMILES string of the molecule is O=C(NCc1ccncc1)[C@H]1[C@H]2C(=O)N(C3CCCC3)C[C@@]23C=C[C@H]1O3. The minimum absolute atomic E-state index is 0.0929. The van der Waals surface area contributed by atoms with E-state index in [1.807, 2.05) is 29.2 Å². The number of aromatic nitrogens is 1. The minimum atomic E-state index is -0.594. The van der Waals surface area contributed by atoms with Crippen molar-refractivity contribution in [2.45, 2.75) is 50.0 Å². The van der Waals surface area contributed by atoms with E-state index in [9.17, 15) is 9.59 Å². The topological polar surface area (TPSA) is 71.5 Å². The van der Waals surface area contributed by atoms with Gasteiger partial charge >= 0.3 is 0 Å². The van der Waals surface area contributed by atoms with Gasteiger partial charge in [0.2, 0.25) is 11.8 Å². The molecule has 4 heterocycles. The summed E-state index contributed by atoms with van der Waals surface area (Å²) in [5, 5.41) is 2.99. The molecule has 5 rings (SSSR count). The number of amides is 2. The second-order valence-corrected chi connectivity index (χ2v) is 7.88. The first-order chi connectivity index (χ1) is 12.7. The number of likely N-dealkylation sites (tertiary alicyclic amines) is 1. The molecular weight excluding hydrogens is 330 g/mol. The predicted molar refractivity (Wildman–Crippen MR) is 93.8 cm³/mol. The first-order valence-electron chi connectivity index (χ1n) is 9.52. The molecule has 1 aromatic heterocycles. The number of carbonyl (C=O) groups is 2. The van der Waals surface area contributed by atoms with Crippen LogP contribution in [0.4, 0.5) is 0 Å². The standard InChI is InChI=1S/C20H23N3O3/c24-18(22-11-13-6-9-21-10-7-13)16-15-5-8-20(26-15)12-23(19(25)17(16)20)14-3-1-2-4-14/h5-10,14-17H,1-4,11-12H2,(H,22,24)/t15-,16-,17+,20+/m1/s1. The van der Waals surface area contributed by atoms with Crippen molar-refractivity contribution >= 4 is 11.8 Å². The predicted octanol–water partition coefficient (Wildman–Crippen LogP) is 1.42. The molecule has 2 bridgehead atoms. The zero-order valence-corrected chi connectivity index (χ0v) is 14.6. The van der Waals surface area contributed by atoms with Crippen molar-refractivity contribution in [3.8, 4) is 0 Å². The lowest BCUT2D eigenvalue weighted by atomic mass is 9.77. The molecule has 2 amide bonds. The average Bonchev–Trinajstić information content (AvgIpc) is 3.42. The fraction of sp³-hybridized carbons (Fsp3) is 0.550. The van der Waals surface area contributed by atoms with Gasteiger partial charge in [-0.25, -0.2) is 0 Å². The molecule has 6 heteroatoms. The number of hydrogen-bond donors (Lipinski definition) is 1. The van der Waals surface area contributed by atoms with Gasteiger partial charge in [0.25, 0.3) is 0 Å². The number of pyridine rings is 1. The molecule has 4 atom stereocenters. The van der Waals surface area contributed by atoms with E-state index in [4.69, 9.17) is 4.74 Å². The summed E-state index contributed by atoms with van der Waals surface area (Å²) < 4.78 is 6.19. The summed E-state index contributed by atoms with van der Waals surface area (Å²) in [7, 11) is 0. The normalized spacial score (nSPS) is 35.3. The maximum absolute atomic E-state index is 13.2. The highest BCUT2D eigenvalue weighted by molar-refractivity contribution is 5.93. The Kier molecular flexibility index (Phi) is 3.64. The largest absolute Gasteiger partial charge is 0.360 e. The number of hydrogen-bond acceptors (Lipinski definition) is 4. The maximum atomic E-state index is 13.2. The van der Waals surface area contributed by atoms with Crippen molar-refractivity contribution in [1.29, 1.82) is 0 Å². The van der Waals surface area contributed by atoms with Crippen molar-refractivity contribution in [2.24, 2.45) is 11.8 Å². The third-order valence-corrected chi connectivity index (χ3v) is 6.41. The van der Waals surface area contributed by atoms with E-state index in [1.165, 1.54) is 12.8 Å². The van der Waals surface area contributed by atoms with Gasteiger partial charge in [-0.3, -0.25) is 14.6 Å². The molecule has 1 N–H and O–H groups in total. The highest BCUT2D eigenvalue weighted by Gasteiger charge is 2.67. The van der Waals surface area contributed by atoms with Crippen LogP contribution in [0.15, 0.2) is 36.7 Å². The van der Waals surface area contributed by atoms with E-state index in [-0.39, 0.29) is 23.8 Å². The van der Waals surface area contributed by atoms with Crippen LogP contribution in [0.25, 0.3) is 0 Å². The zero-order chi connectivity index (χ0) is 17.7. The summed E-state index contributed by atoms with van der Waals surface area (Å²) in [5.41, 5.74) is 0.399. The van der Waals surface area contributed by atoms with Crippen molar-refractivity contribution in [1.82, 2.24) is 15.2 Å². The Hall–Kier alpha value is -2.21. The number of ether oxygens (including phenoxy) is 1. The summed E-state index contributed by atoms with van der Waals surface area (Å²) in [6, 6.07) is 4.07. The van der Waals surface area contributed by atoms with Crippen molar-refractivity contribution in [3.05, 3.63) is 42.2 Å². The van der Waals surface area contributed by atoms with Crippen LogP contribution in [-0.4, -0.2) is 46.0 Å². The molecule has 0 aromatic carbocycles. The molecule has 136 valence electrons. The zero-order valence-electron chi connectivity index (χ0n) is 14.6. The molecule has 4 aliphatic rings. The highest BCUT2D eigenvalue weighted by atomic mass is 16.5. The van der Waals surface area contributed by atoms with Crippen LogP contribution in [0.5, 0.6) is 0 Å². The van der Waals surface area contributed by atoms with Gasteiger partial charge in [-0.05, 0) is 30.5 Å². The van der Waals surface area contributed by atoms with Crippen molar-refractivity contribution in [2.75, 3.05) is 6.54 Å². The summed E-state index contributed by atoms with van der Waals surface area (Å²) in [6.45, 7) is 1.04. The number of carbonyl (C=O) groups excluding carboxylic acids is 2. The van der Waals surface area contributed by atoms with Gasteiger partial charge in [0.05, 0.1) is 24.5 Å². The van der Waals surface area contributed by atoms with Crippen LogP contribution in [0.2, 0.25) is 0 Å². The van der Waals surface area contributed by atoms with Crippen LogP contribution in [0.1, 0.15) is 31.2 Å². The first kappa shape index (κ1) is 16.0. The van der Waals surface area contributed by atoms with Gasteiger partial charge in [0.15, 0.2) is 0 Å². The Labute approximate surface area is 152 Å². The van der Waals surface area contributed by atoms with E-state index < -0.39 is 11.5 Å². The van der Waals surface area contributed by atoms with Crippen LogP contribution in [-0.2, 0) is 20.9 Å². The van der Waals surface area contributed by atoms with E-state index in [1.54, 1.807) is 12.4 Å². The first-order valence-corrected chi connectivity index (χ1v) is 9.52. The Bertz CT molecular complexity index is 759. The number of nitrogens with zero attached hydrogens (tertiary/aromatic N) is 2. The summed E-state index contributed by atoms with van der Waals surface area (Å²) >= 11 is 0. The third-order valence-electron chi connectivity index (χ3n) is 6.41. The quantitative estimate of drug-likeness (QED) is 0.831. The van der Waals surface area contributed by atoms with Crippen LogP contribution in [0.3, 0.4) is 0 Å². The van der Waals surface area contributed by atoms with Gasteiger partial charge in [0, 0.05) is 25.0 Å². The van der Waals surface area contributed by atoms with Crippen LogP contribution >= 0.6 is 0 Å². The smallest absolute Gasteiger partial charge is 0.230 e. The van der Waals surface area contributed by atoms with E-state index in [2.05, 4.69) is 10.3 Å². The Morgan fingerprint density at radius 1 is 1.31 bits per heavy atom.